The Morgan fingerprint density at radius 3 is 2.78 bits per heavy atom. The molecule has 2 aromatic heterocycles. The van der Waals surface area contributed by atoms with Gasteiger partial charge in [-0.3, -0.25) is 14.2 Å². The maximum atomic E-state index is 13.2. The SMILES string of the molecule is COc1ccccc1CNC(=O)C[C@H]1CSc2nc3c(cnn3-c3ccccc3)c(=O)n21. The van der Waals surface area contributed by atoms with Crippen molar-refractivity contribution in [3.8, 4) is 11.4 Å². The first-order chi connectivity index (χ1) is 15.7. The molecule has 0 fully saturated rings. The Balaban J connectivity index is 1.37. The molecule has 9 heteroatoms. The van der Waals surface area contributed by atoms with Crippen LogP contribution in [0.4, 0.5) is 0 Å². The van der Waals surface area contributed by atoms with E-state index in [-0.39, 0.29) is 23.9 Å². The molecule has 3 heterocycles. The van der Waals surface area contributed by atoms with Crippen molar-refractivity contribution in [3.05, 3.63) is 76.7 Å². The molecule has 162 valence electrons. The number of thioether (sulfide) groups is 1. The van der Waals surface area contributed by atoms with Gasteiger partial charge in [-0.25, -0.2) is 9.67 Å². The predicted octanol–water partition coefficient (Wildman–Crippen LogP) is 2.94. The van der Waals surface area contributed by atoms with Gasteiger partial charge in [-0.1, -0.05) is 48.2 Å². The van der Waals surface area contributed by atoms with Crippen LogP contribution in [-0.4, -0.2) is 38.1 Å². The van der Waals surface area contributed by atoms with E-state index in [0.717, 1.165) is 17.0 Å². The van der Waals surface area contributed by atoms with Crippen LogP contribution in [0.1, 0.15) is 18.0 Å². The predicted molar refractivity (Wildman–Crippen MR) is 122 cm³/mol. The summed E-state index contributed by atoms with van der Waals surface area (Å²) in [7, 11) is 1.60. The quantitative estimate of drug-likeness (QED) is 0.457. The van der Waals surface area contributed by atoms with Crippen LogP contribution in [0.2, 0.25) is 0 Å². The third-order valence-corrected chi connectivity index (χ3v) is 6.56. The molecule has 1 N–H and O–H groups in total. The molecule has 0 saturated heterocycles. The first-order valence-corrected chi connectivity index (χ1v) is 11.2. The first kappa shape index (κ1) is 20.3. The third kappa shape index (κ3) is 3.64. The van der Waals surface area contributed by atoms with Crippen molar-refractivity contribution >= 4 is 28.7 Å². The molecular formula is C23H21N5O3S. The largest absolute Gasteiger partial charge is 0.496 e. The lowest BCUT2D eigenvalue weighted by Gasteiger charge is -2.14. The van der Waals surface area contributed by atoms with E-state index in [1.165, 1.54) is 11.8 Å². The van der Waals surface area contributed by atoms with Crippen molar-refractivity contribution in [2.24, 2.45) is 0 Å². The van der Waals surface area contributed by atoms with E-state index in [9.17, 15) is 9.59 Å². The second kappa shape index (κ2) is 8.51. The maximum Gasteiger partial charge on any atom is 0.265 e. The topological polar surface area (TPSA) is 91.0 Å². The maximum absolute atomic E-state index is 13.2. The Hall–Kier alpha value is -3.59. The first-order valence-electron chi connectivity index (χ1n) is 10.2. The molecule has 1 aliphatic rings. The number of nitrogens with one attached hydrogen (secondary N) is 1. The third-order valence-electron chi connectivity index (χ3n) is 5.46. The van der Waals surface area contributed by atoms with Crippen molar-refractivity contribution in [2.45, 2.75) is 24.2 Å². The molecule has 1 atom stereocenters. The van der Waals surface area contributed by atoms with Crippen LogP contribution in [0.5, 0.6) is 5.75 Å². The molecule has 4 aromatic rings. The Labute approximate surface area is 188 Å². The number of fused-ring (bicyclic) bond motifs is 2. The fourth-order valence-electron chi connectivity index (χ4n) is 3.87. The number of ether oxygens (including phenoxy) is 1. The summed E-state index contributed by atoms with van der Waals surface area (Å²) in [5.74, 6) is 1.23. The van der Waals surface area contributed by atoms with E-state index in [1.807, 2.05) is 54.6 Å². The molecule has 0 bridgehead atoms. The molecule has 1 amide bonds. The van der Waals surface area contributed by atoms with Gasteiger partial charge in [0.25, 0.3) is 5.56 Å². The van der Waals surface area contributed by atoms with Crippen LogP contribution < -0.4 is 15.6 Å². The number of aromatic nitrogens is 4. The molecule has 2 aromatic carbocycles. The lowest BCUT2D eigenvalue weighted by molar-refractivity contribution is -0.121. The minimum Gasteiger partial charge on any atom is -0.496 e. The molecule has 1 aliphatic heterocycles. The molecule has 5 rings (SSSR count). The normalized spacial score (nSPS) is 15.0. The van der Waals surface area contributed by atoms with E-state index in [1.54, 1.807) is 22.6 Å². The Kier molecular flexibility index (Phi) is 5.40. The van der Waals surface area contributed by atoms with Gasteiger partial charge in [-0.2, -0.15) is 5.10 Å². The minimum absolute atomic E-state index is 0.124. The highest BCUT2D eigenvalue weighted by Gasteiger charge is 2.29. The number of hydrogen-bond acceptors (Lipinski definition) is 6. The van der Waals surface area contributed by atoms with Gasteiger partial charge in [0.1, 0.15) is 11.1 Å². The lowest BCUT2D eigenvalue weighted by atomic mass is 10.2. The van der Waals surface area contributed by atoms with Crippen molar-refractivity contribution in [3.63, 3.8) is 0 Å². The zero-order valence-corrected chi connectivity index (χ0v) is 18.2. The van der Waals surface area contributed by atoms with Gasteiger partial charge in [0.15, 0.2) is 10.8 Å². The molecule has 0 unspecified atom stereocenters. The summed E-state index contributed by atoms with van der Waals surface area (Å²) in [5, 5.41) is 8.36. The molecule has 0 spiro atoms. The van der Waals surface area contributed by atoms with Crippen LogP contribution in [-0.2, 0) is 11.3 Å². The number of methoxy groups -OCH3 is 1. The summed E-state index contributed by atoms with van der Waals surface area (Å²) in [6, 6.07) is 16.9. The molecular weight excluding hydrogens is 426 g/mol. The zero-order valence-electron chi connectivity index (χ0n) is 17.4. The summed E-state index contributed by atoms with van der Waals surface area (Å²) in [6.45, 7) is 0.367. The number of hydrogen-bond donors (Lipinski definition) is 1. The molecule has 32 heavy (non-hydrogen) atoms. The average molecular weight is 448 g/mol. The van der Waals surface area contributed by atoms with Crippen molar-refractivity contribution in [2.75, 3.05) is 12.9 Å². The van der Waals surface area contributed by atoms with Gasteiger partial charge >= 0.3 is 0 Å². The number of carbonyl (C=O) groups is 1. The van der Waals surface area contributed by atoms with Gasteiger partial charge in [0, 0.05) is 24.3 Å². The molecule has 0 saturated carbocycles. The van der Waals surface area contributed by atoms with E-state index in [2.05, 4.69) is 10.4 Å². The van der Waals surface area contributed by atoms with Crippen LogP contribution in [0.25, 0.3) is 16.7 Å². The van der Waals surface area contributed by atoms with Gasteiger partial charge in [-0.05, 0) is 18.2 Å². The smallest absolute Gasteiger partial charge is 0.265 e. The number of nitrogens with zero attached hydrogens (tertiary/aromatic N) is 4. The number of para-hydroxylation sites is 2. The van der Waals surface area contributed by atoms with Gasteiger partial charge < -0.3 is 10.1 Å². The van der Waals surface area contributed by atoms with E-state index < -0.39 is 0 Å². The zero-order chi connectivity index (χ0) is 22.1. The Morgan fingerprint density at radius 1 is 1.19 bits per heavy atom. The van der Waals surface area contributed by atoms with Crippen LogP contribution in [0.15, 0.2) is 70.7 Å². The summed E-state index contributed by atoms with van der Waals surface area (Å²) in [4.78, 5) is 30.6. The highest BCUT2D eigenvalue weighted by molar-refractivity contribution is 7.99. The van der Waals surface area contributed by atoms with Crippen LogP contribution in [0, 0.1) is 0 Å². The minimum atomic E-state index is -0.253. The standard InChI is InChI=1S/C23H21N5O3S/c1-31-19-10-6-5-7-15(19)12-24-20(29)11-17-14-32-23-26-21-18(22(30)27(17)23)13-25-28(21)16-8-3-2-4-9-16/h2-10,13,17H,11-12,14H2,1H3,(H,24,29)/t17-/m0/s1. The monoisotopic (exact) mass is 447 g/mol. The summed E-state index contributed by atoms with van der Waals surface area (Å²) in [5.41, 5.74) is 2.11. The average Bonchev–Trinajstić information content (AvgIpc) is 3.43. The Bertz CT molecular complexity index is 1350. The summed E-state index contributed by atoms with van der Waals surface area (Å²) >= 11 is 1.49. The van der Waals surface area contributed by atoms with Gasteiger partial charge in [0.2, 0.25) is 5.91 Å². The molecule has 0 radical (unpaired) electrons. The highest BCUT2D eigenvalue weighted by atomic mass is 32.2. The van der Waals surface area contributed by atoms with Crippen LogP contribution in [0.3, 0.4) is 0 Å². The Morgan fingerprint density at radius 2 is 1.97 bits per heavy atom. The number of carbonyl (C=O) groups excluding carboxylic acids is 1. The van der Waals surface area contributed by atoms with Crippen molar-refractivity contribution < 1.29 is 9.53 Å². The fourth-order valence-corrected chi connectivity index (χ4v) is 5.00. The lowest BCUT2D eigenvalue weighted by Crippen LogP contribution is -2.30. The van der Waals surface area contributed by atoms with Gasteiger partial charge in [-0.15, -0.1) is 0 Å². The second-order valence-corrected chi connectivity index (χ2v) is 8.44. The van der Waals surface area contributed by atoms with Crippen molar-refractivity contribution in [1.29, 1.82) is 0 Å². The number of rotatable bonds is 6. The second-order valence-electron chi connectivity index (χ2n) is 7.46. The fraction of sp³-hybridized carbons (Fsp3) is 0.217. The molecule has 8 nitrogen and oxygen atoms in total. The number of benzene rings is 2. The van der Waals surface area contributed by atoms with E-state index in [4.69, 9.17) is 9.72 Å². The van der Waals surface area contributed by atoms with E-state index >= 15 is 0 Å². The van der Waals surface area contributed by atoms with Gasteiger partial charge in [0.05, 0.1) is 25.0 Å². The van der Waals surface area contributed by atoms with Crippen LogP contribution >= 0.6 is 11.8 Å². The summed E-state index contributed by atoms with van der Waals surface area (Å²) in [6.07, 6.45) is 1.75. The number of amides is 1. The summed E-state index contributed by atoms with van der Waals surface area (Å²) < 4.78 is 8.64. The van der Waals surface area contributed by atoms with Crippen molar-refractivity contribution in [1.82, 2.24) is 24.6 Å². The molecule has 0 aliphatic carbocycles. The highest BCUT2D eigenvalue weighted by Crippen LogP contribution is 2.33. The van der Waals surface area contributed by atoms with E-state index in [0.29, 0.717) is 28.5 Å².